The summed E-state index contributed by atoms with van der Waals surface area (Å²) in [6.07, 6.45) is 0.149. The van der Waals surface area contributed by atoms with Crippen LogP contribution in [0, 0.1) is 12.8 Å². The molecule has 0 radical (unpaired) electrons. The van der Waals surface area contributed by atoms with Gasteiger partial charge in [0.1, 0.15) is 11.5 Å². The quantitative estimate of drug-likeness (QED) is 0.762. The molecule has 0 fully saturated rings. The van der Waals surface area contributed by atoms with E-state index in [-0.39, 0.29) is 17.2 Å². The molecule has 0 spiro atoms. The predicted octanol–water partition coefficient (Wildman–Crippen LogP) is 2.23. The Morgan fingerprint density at radius 2 is 1.73 bits per heavy atom. The lowest BCUT2D eigenvalue weighted by Crippen LogP contribution is -2.48. The number of aliphatic carboxylic acids is 1. The van der Waals surface area contributed by atoms with Crippen LogP contribution < -0.4 is 14.6 Å². The number of carbonyl (C=O) groups is 1. The van der Waals surface area contributed by atoms with Crippen molar-refractivity contribution >= 4 is 16.0 Å². The van der Waals surface area contributed by atoms with Crippen LogP contribution in [0.3, 0.4) is 0 Å². The highest BCUT2D eigenvalue weighted by atomic mass is 32.2. The first-order valence-electron chi connectivity index (χ1n) is 8.26. The zero-order valence-electron chi connectivity index (χ0n) is 14.9. The molecule has 0 aromatic heterocycles. The summed E-state index contributed by atoms with van der Waals surface area (Å²) in [5, 5.41) is 11.2. The number of benzene rings is 2. The van der Waals surface area contributed by atoms with Gasteiger partial charge in [-0.25, -0.2) is 13.1 Å². The van der Waals surface area contributed by atoms with E-state index in [9.17, 15) is 18.3 Å². The van der Waals surface area contributed by atoms with E-state index in [1.807, 2.05) is 45.0 Å². The lowest BCUT2D eigenvalue weighted by atomic mass is 10.1. The number of carboxylic acids is 1. The summed E-state index contributed by atoms with van der Waals surface area (Å²) < 4.78 is 32.7. The molecule has 0 aliphatic rings. The molecule has 0 saturated heterocycles. The summed E-state index contributed by atoms with van der Waals surface area (Å²) >= 11 is 0. The van der Waals surface area contributed by atoms with Gasteiger partial charge in [-0.1, -0.05) is 32.0 Å². The molecule has 0 aliphatic heterocycles. The topological polar surface area (TPSA) is 95.5 Å². The van der Waals surface area contributed by atoms with E-state index in [0.717, 1.165) is 5.56 Å². The van der Waals surface area contributed by atoms with Crippen molar-refractivity contribution in [3.63, 3.8) is 0 Å². The van der Waals surface area contributed by atoms with Gasteiger partial charge >= 0.3 is 0 Å². The average molecular weight is 376 g/mol. The molecule has 0 aliphatic carbocycles. The van der Waals surface area contributed by atoms with Crippen molar-refractivity contribution in [3.8, 4) is 11.5 Å². The fourth-order valence-electron chi connectivity index (χ4n) is 2.40. The molecule has 0 unspecified atom stereocenters. The van der Waals surface area contributed by atoms with Gasteiger partial charge in [-0.15, -0.1) is 0 Å². The number of hydrogen-bond donors (Lipinski definition) is 1. The third-order valence-corrected chi connectivity index (χ3v) is 5.23. The summed E-state index contributed by atoms with van der Waals surface area (Å²) in [6, 6.07) is 12.0. The Bertz CT molecular complexity index is 860. The van der Waals surface area contributed by atoms with Crippen LogP contribution in [-0.2, 0) is 14.8 Å². The highest BCUT2D eigenvalue weighted by Gasteiger charge is 2.22. The van der Waals surface area contributed by atoms with Crippen molar-refractivity contribution in [3.05, 3.63) is 54.1 Å². The van der Waals surface area contributed by atoms with E-state index in [2.05, 4.69) is 4.72 Å². The number of carboxylic acid groups (broad SMARTS) is 1. The van der Waals surface area contributed by atoms with E-state index < -0.39 is 22.0 Å². The van der Waals surface area contributed by atoms with E-state index in [4.69, 9.17) is 4.74 Å². The second kappa shape index (κ2) is 8.33. The first-order chi connectivity index (χ1) is 12.2. The van der Waals surface area contributed by atoms with Gasteiger partial charge in [-0.3, -0.25) is 0 Å². The van der Waals surface area contributed by atoms with Crippen molar-refractivity contribution in [1.29, 1.82) is 0 Å². The SMILES string of the molecule is Cc1ccccc1Oc1ccc(S(=O)(=O)N[C@@H](CC(C)C)C(=O)[O-])cc1. The van der Waals surface area contributed by atoms with Crippen molar-refractivity contribution < 1.29 is 23.1 Å². The summed E-state index contributed by atoms with van der Waals surface area (Å²) in [5.74, 6) is -0.278. The molecule has 1 N–H and O–H groups in total. The fourth-order valence-corrected chi connectivity index (χ4v) is 3.60. The zero-order chi connectivity index (χ0) is 19.3. The Morgan fingerprint density at radius 3 is 2.27 bits per heavy atom. The number of rotatable bonds is 8. The van der Waals surface area contributed by atoms with Gasteiger partial charge in [0.25, 0.3) is 0 Å². The third kappa shape index (κ3) is 5.31. The lowest BCUT2D eigenvalue weighted by Gasteiger charge is -2.21. The molecule has 26 heavy (non-hydrogen) atoms. The molecular formula is C19H22NO5S-. The van der Waals surface area contributed by atoms with Gasteiger partial charge < -0.3 is 14.6 Å². The number of carbonyl (C=O) groups excluding carboxylic acids is 1. The Labute approximate surface area is 153 Å². The molecule has 2 aromatic carbocycles. The number of para-hydroxylation sites is 1. The van der Waals surface area contributed by atoms with Crippen LogP contribution in [-0.4, -0.2) is 20.4 Å². The Hall–Kier alpha value is -2.38. The maximum atomic E-state index is 12.4. The van der Waals surface area contributed by atoms with Crippen molar-refractivity contribution in [2.75, 3.05) is 0 Å². The van der Waals surface area contributed by atoms with Gasteiger partial charge in [0, 0.05) is 0 Å². The first-order valence-corrected chi connectivity index (χ1v) is 9.74. The van der Waals surface area contributed by atoms with E-state index in [1.54, 1.807) is 0 Å². The lowest BCUT2D eigenvalue weighted by molar-refractivity contribution is -0.308. The zero-order valence-corrected chi connectivity index (χ0v) is 15.7. The molecule has 0 heterocycles. The second-order valence-electron chi connectivity index (χ2n) is 6.46. The molecule has 0 amide bonds. The van der Waals surface area contributed by atoms with Crippen LogP contribution >= 0.6 is 0 Å². The van der Waals surface area contributed by atoms with Crippen LogP contribution in [0.1, 0.15) is 25.8 Å². The third-order valence-electron chi connectivity index (χ3n) is 3.74. The largest absolute Gasteiger partial charge is 0.548 e. The minimum Gasteiger partial charge on any atom is -0.548 e. The standard InChI is InChI=1S/C19H23NO5S/c1-13(2)12-17(19(21)22)20-26(23,24)16-10-8-15(9-11-16)25-18-7-5-4-6-14(18)3/h4-11,13,17,20H,12H2,1-3H3,(H,21,22)/p-1/t17-/m0/s1. The average Bonchev–Trinajstić information content (AvgIpc) is 2.56. The fraction of sp³-hybridized carbons (Fsp3) is 0.316. The Balaban J connectivity index is 2.15. The molecule has 1 atom stereocenters. The summed E-state index contributed by atoms with van der Waals surface area (Å²) in [6.45, 7) is 5.52. The van der Waals surface area contributed by atoms with Crippen LogP contribution in [0.4, 0.5) is 0 Å². The smallest absolute Gasteiger partial charge is 0.241 e. The molecule has 7 heteroatoms. The number of sulfonamides is 1. The van der Waals surface area contributed by atoms with Gasteiger partial charge in [-0.2, -0.15) is 0 Å². The molecule has 0 saturated carbocycles. The van der Waals surface area contributed by atoms with E-state index in [1.165, 1.54) is 24.3 Å². The highest BCUT2D eigenvalue weighted by Crippen LogP contribution is 2.25. The molecule has 140 valence electrons. The van der Waals surface area contributed by atoms with Crippen LogP contribution in [0.15, 0.2) is 53.4 Å². The summed E-state index contributed by atoms with van der Waals surface area (Å²) in [4.78, 5) is 11.1. The maximum absolute atomic E-state index is 12.4. The number of nitrogens with one attached hydrogen (secondary N) is 1. The number of ether oxygens (including phenoxy) is 1. The van der Waals surface area contributed by atoms with Crippen molar-refractivity contribution in [1.82, 2.24) is 4.72 Å². The van der Waals surface area contributed by atoms with Gasteiger partial charge in [0.15, 0.2) is 0 Å². The first kappa shape index (κ1) is 19.9. The van der Waals surface area contributed by atoms with Crippen LogP contribution in [0.2, 0.25) is 0 Å². The summed E-state index contributed by atoms with van der Waals surface area (Å²) in [7, 11) is -3.97. The number of hydrogen-bond acceptors (Lipinski definition) is 5. The van der Waals surface area contributed by atoms with Gasteiger partial charge in [0.05, 0.1) is 16.9 Å². The van der Waals surface area contributed by atoms with Crippen LogP contribution in [0.25, 0.3) is 0 Å². The van der Waals surface area contributed by atoms with E-state index in [0.29, 0.717) is 11.5 Å². The number of aryl methyl sites for hydroxylation is 1. The normalized spacial score (nSPS) is 12.8. The van der Waals surface area contributed by atoms with E-state index >= 15 is 0 Å². The Kier molecular flexibility index (Phi) is 6.39. The maximum Gasteiger partial charge on any atom is 0.241 e. The van der Waals surface area contributed by atoms with Gasteiger partial charge in [0.2, 0.25) is 10.0 Å². The van der Waals surface area contributed by atoms with Crippen molar-refractivity contribution in [2.45, 2.75) is 38.1 Å². The molecule has 2 rings (SSSR count). The molecule has 6 nitrogen and oxygen atoms in total. The minimum atomic E-state index is -3.97. The predicted molar refractivity (Wildman–Crippen MR) is 96.3 cm³/mol. The monoisotopic (exact) mass is 376 g/mol. The molecular weight excluding hydrogens is 354 g/mol. The van der Waals surface area contributed by atoms with Gasteiger partial charge in [-0.05, 0) is 55.2 Å². The second-order valence-corrected chi connectivity index (χ2v) is 8.18. The minimum absolute atomic E-state index is 0.00508. The highest BCUT2D eigenvalue weighted by molar-refractivity contribution is 7.89. The Morgan fingerprint density at radius 1 is 1.12 bits per heavy atom. The molecule has 2 aromatic rings. The van der Waals surface area contributed by atoms with Crippen molar-refractivity contribution in [2.24, 2.45) is 5.92 Å². The van der Waals surface area contributed by atoms with Crippen LogP contribution in [0.5, 0.6) is 11.5 Å². The summed E-state index contributed by atoms with van der Waals surface area (Å²) in [5.41, 5.74) is 0.955. The molecule has 0 bridgehead atoms.